The normalized spacial score (nSPS) is 15.4. The molecule has 1 saturated heterocycles. The molecular weight excluding hydrogens is 431 g/mol. The molecule has 0 spiro atoms. The SMILES string of the molecule is Cc1nn(CCC#N)c(C)c1CCC(=O)NC1CCN(Cc2cccc(C(F)(F)F)c2)CC1. The highest BCUT2D eigenvalue weighted by molar-refractivity contribution is 5.76. The molecule has 33 heavy (non-hydrogen) atoms. The number of carbonyl (C=O) groups excluding carboxylic acids is 1. The minimum absolute atomic E-state index is 0.00472. The predicted molar refractivity (Wildman–Crippen MR) is 118 cm³/mol. The van der Waals surface area contributed by atoms with Crippen LogP contribution in [0.5, 0.6) is 0 Å². The van der Waals surface area contributed by atoms with E-state index in [2.05, 4.69) is 21.4 Å². The zero-order chi connectivity index (χ0) is 24.0. The summed E-state index contributed by atoms with van der Waals surface area (Å²) in [5, 5.41) is 16.3. The van der Waals surface area contributed by atoms with E-state index in [0.717, 1.165) is 48.9 Å². The summed E-state index contributed by atoms with van der Waals surface area (Å²) < 4.78 is 40.6. The maximum absolute atomic E-state index is 12.9. The molecule has 0 saturated carbocycles. The highest BCUT2D eigenvalue weighted by atomic mass is 19.4. The summed E-state index contributed by atoms with van der Waals surface area (Å²) in [5.41, 5.74) is 2.97. The van der Waals surface area contributed by atoms with Crippen LogP contribution in [-0.2, 0) is 30.5 Å². The first-order chi connectivity index (χ1) is 15.7. The number of benzene rings is 1. The third-order valence-corrected chi connectivity index (χ3v) is 6.18. The van der Waals surface area contributed by atoms with Crippen LogP contribution in [0.15, 0.2) is 24.3 Å². The second-order valence-corrected chi connectivity index (χ2v) is 8.60. The quantitative estimate of drug-likeness (QED) is 0.641. The molecule has 1 aliphatic rings. The van der Waals surface area contributed by atoms with Crippen LogP contribution in [0.25, 0.3) is 0 Å². The average molecular weight is 462 g/mol. The summed E-state index contributed by atoms with van der Waals surface area (Å²) in [4.78, 5) is 14.6. The highest BCUT2D eigenvalue weighted by Crippen LogP contribution is 2.30. The van der Waals surface area contributed by atoms with Crippen LogP contribution in [0.4, 0.5) is 13.2 Å². The van der Waals surface area contributed by atoms with E-state index in [0.29, 0.717) is 37.9 Å². The van der Waals surface area contributed by atoms with Gasteiger partial charge in [0.1, 0.15) is 0 Å². The van der Waals surface area contributed by atoms with Crippen LogP contribution in [-0.4, -0.2) is 39.7 Å². The number of hydrogen-bond acceptors (Lipinski definition) is 4. The van der Waals surface area contributed by atoms with Gasteiger partial charge in [-0.25, -0.2) is 0 Å². The molecule has 6 nitrogen and oxygen atoms in total. The van der Waals surface area contributed by atoms with Gasteiger partial charge in [0.2, 0.25) is 5.91 Å². The first-order valence-electron chi connectivity index (χ1n) is 11.2. The number of aromatic nitrogens is 2. The number of hydrogen-bond donors (Lipinski definition) is 1. The molecule has 1 aromatic heterocycles. The molecule has 0 radical (unpaired) electrons. The van der Waals surface area contributed by atoms with E-state index in [1.165, 1.54) is 12.1 Å². The van der Waals surface area contributed by atoms with E-state index in [1.807, 2.05) is 18.5 Å². The lowest BCUT2D eigenvalue weighted by molar-refractivity contribution is -0.137. The summed E-state index contributed by atoms with van der Waals surface area (Å²) in [5.74, 6) is -0.00472. The van der Waals surface area contributed by atoms with Crippen molar-refractivity contribution >= 4 is 5.91 Å². The van der Waals surface area contributed by atoms with E-state index in [9.17, 15) is 18.0 Å². The molecular formula is C24H30F3N5O. The number of rotatable bonds is 8. The van der Waals surface area contributed by atoms with Crippen molar-refractivity contribution in [2.24, 2.45) is 0 Å². The molecule has 0 aliphatic carbocycles. The van der Waals surface area contributed by atoms with Gasteiger partial charge in [-0.1, -0.05) is 18.2 Å². The van der Waals surface area contributed by atoms with Gasteiger partial charge in [0.05, 0.1) is 30.3 Å². The molecule has 1 aromatic carbocycles. The lowest BCUT2D eigenvalue weighted by Gasteiger charge is -2.32. The number of nitrogens with zero attached hydrogens (tertiary/aromatic N) is 4. The first-order valence-corrected chi connectivity index (χ1v) is 11.2. The molecule has 3 rings (SSSR count). The van der Waals surface area contributed by atoms with Crippen molar-refractivity contribution in [1.29, 1.82) is 5.26 Å². The summed E-state index contributed by atoms with van der Waals surface area (Å²) in [6.45, 7) is 6.36. The Kier molecular flexibility index (Phi) is 8.14. The lowest BCUT2D eigenvalue weighted by atomic mass is 10.0. The van der Waals surface area contributed by atoms with Gasteiger partial charge in [-0.3, -0.25) is 14.4 Å². The van der Waals surface area contributed by atoms with E-state index in [4.69, 9.17) is 5.26 Å². The molecule has 1 fully saturated rings. The Balaban J connectivity index is 1.44. The number of nitrogens with one attached hydrogen (secondary N) is 1. The minimum Gasteiger partial charge on any atom is -0.353 e. The van der Waals surface area contributed by atoms with Gasteiger partial charge < -0.3 is 5.32 Å². The maximum Gasteiger partial charge on any atom is 0.416 e. The van der Waals surface area contributed by atoms with Gasteiger partial charge in [0.25, 0.3) is 0 Å². The van der Waals surface area contributed by atoms with Crippen molar-refractivity contribution < 1.29 is 18.0 Å². The molecule has 9 heteroatoms. The number of nitriles is 1. The van der Waals surface area contributed by atoms with E-state index >= 15 is 0 Å². The van der Waals surface area contributed by atoms with E-state index in [1.54, 1.807) is 6.07 Å². The number of aryl methyl sites for hydroxylation is 2. The summed E-state index contributed by atoms with van der Waals surface area (Å²) in [6, 6.07) is 7.66. The van der Waals surface area contributed by atoms with E-state index < -0.39 is 11.7 Å². The minimum atomic E-state index is -4.33. The second-order valence-electron chi connectivity index (χ2n) is 8.60. The van der Waals surface area contributed by atoms with Gasteiger partial charge in [-0.15, -0.1) is 0 Å². The number of carbonyl (C=O) groups is 1. The monoisotopic (exact) mass is 461 g/mol. The van der Waals surface area contributed by atoms with Gasteiger partial charge in [0.15, 0.2) is 0 Å². The topological polar surface area (TPSA) is 73.9 Å². The third-order valence-electron chi connectivity index (χ3n) is 6.18. The smallest absolute Gasteiger partial charge is 0.353 e. The van der Waals surface area contributed by atoms with Crippen molar-refractivity contribution in [1.82, 2.24) is 20.0 Å². The Labute approximate surface area is 192 Å². The molecule has 0 unspecified atom stereocenters. The standard InChI is InChI=1S/C24H30F3N5O/c1-17-22(18(2)32(30-17)12-4-11-28)7-8-23(33)29-21-9-13-31(14-10-21)16-19-5-3-6-20(15-19)24(25,26)27/h3,5-6,15,21H,4,7-10,12-14,16H2,1-2H3,(H,29,33). The zero-order valence-electron chi connectivity index (χ0n) is 19.1. The van der Waals surface area contributed by atoms with Crippen molar-refractivity contribution in [3.63, 3.8) is 0 Å². The largest absolute Gasteiger partial charge is 0.416 e. The number of likely N-dealkylation sites (tertiary alicyclic amines) is 1. The predicted octanol–water partition coefficient (Wildman–Crippen LogP) is 4.15. The molecule has 2 aromatic rings. The van der Waals surface area contributed by atoms with Crippen molar-refractivity contribution in [2.75, 3.05) is 13.1 Å². The zero-order valence-corrected chi connectivity index (χ0v) is 19.1. The van der Waals surface area contributed by atoms with Crippen LogP contribution >= 0.6 is 0 Å². The molecule has 1 amide bonds. The fourth-order valence-electron chi connectivity index (χ4n) is 4.35. The second kappa shape index (κ2) is 10.8. The van der Waals surface area contributed by atoms with E-state index in [-0.39, 0.29) is 11.9 Å². The number of piperidine rings is 1. The molecule has 0 bridgehead atoms. The molecule has 1 aliphatic heterocycles. The third kappa shape index (κ3) is 6.81. The Hall–Kier alpha value is -2.86. The van der Waals surface area contributed by atoms with Crippen molar-refractivity contribution in [2.45, 2.75) is 71.3 Å². The fourth-order valence-corrected chi connectivity index (χ4v) is 4.35. The van der Waals surface area contributed by atoms with Crippen LogP contribution in [0, 0.1) is 25.2 Å². The first kappa shape index (κ1) is 24.8. The van der Waals surface area contributed by atoms with Gasteiger partial charge in [0, 0.05) is 37.8 Å². The molecule has 178 valence electrons. The van der Waals surface area contributed by atoms with Crippen LogP contribution in [0.2, 0.25) is 0 Å². The molecule has 1 N–H and O–H groups in total. The number of alkyl halides is 3. The highest BCUT2D eigenvalue weighted by Gasteiger charge is 2.30. The Morgan fingerprint density at radius 1 is 1.27 bits per heavy atom. The summed E-state index contributed by atoms with van der Waals surface area (Å²) >= 11 is 0. The maximum atomic E-state index is 12.9. The number of halogens is 3. The van der Waals surface area contributed by atoms with Crippen LogP contribution in [0.3, 0.4) is 0 Å². The summed E-state index contributed by atoms with van der Waals surface area (Å²) in [7, 11) is 0. The Bertz CT molecular complexity index is 1000. The summed E-state index contributed by atoms with van der Waals surface area (Å²) in [6.07, 6.45) is -1.42. The van der Waals surface area contributed by atoms with Gasteiger partial charge >= 0.3 is 6.18 Å². The lowest BCUT2D eigenvalue weighted by Crippen LogP contribution is -2.44. The van der Waals surface area contributed by atoms with Crippen LogP contribution in [0.1, 0.15) is 53.8 Å². The van der Waals surface area contributed by atoms with Crippen molar-refractivity contribution in [3.8, 4) is 6.07 Å². The van der Waals surface area contributed by atoms with Gasteiger partial charge in [-0.05, 0) is 50.3 Å². The average Bonchev–Trinajstić information content (AvgIpc) is 3.04. The fraction of sp³-hybridized carbons (Fsp3) is 0.542. The van der Waals surface area contributed by atoms with Crippen molar-refractivity contribution in [3.05, 3.63) is 52.3 Å². The Morgan fingerprint density at radius 3 is 2.67 bits per heavy atom. The van der Waals surface area contributed by atoms with Gasteiger partial charge in [-0.2, -0.15) is 23.5 Å². The molecule has 2 heterocycles. The number of amides is 1. The Morgan fingerprint density at radius 2 is 2.00 bits per heavy atom. The molecule has 0 atom stereocenters. The van der Waals surface area contributed by atoms with Crippen LogP contribution < -0.4 is 5.32 Å².